The standard InChI is InChI=1S/C10H10FNO4/c1-6(13)12-16-5-8-7(10(14)15)3-2-4-9(8)11/h2-4H,5H2,1H3,(H,12,13)(H,14,15). The van der Waals surface area contributed by atoms with Gasteiger partial charge in [-0.05, 0) is 12.1 Å². The van der Waals surface area contributed by atoms with Crippen molar-refractivity contribution in [2.75, 3.05) is 0 Å². The molecule has 6 heteroatoms. The Morgan fingerprint density at radius 3 is 2.75 bits per heavy atom. The average Bonchev–Trinajstić information content (AvgIpc) is 2.19. The van der Waals surface area contributed by atoms with Gasteiger partial charge in [-0.2, -0.15) is 0 Å². The highest BCUT2D eigenvalue weighted by atomic mass is 19.1. The quantitative estimate of drug-likeness (QED) is 0.755. The van der Waals surface area contributed by atoms with Crippen LogP contribution in [0.3, 0.4) is 0 Å². The van der Waals surface area contributed by atoms with E-state index in [1.54, 1.807) is 0 Å². The maximum Gasteiger partial charge on any atom is 0.336 e. The van der Waals surface area contributed by atoms with Crippen molar-refractivity contribution in [3.8, 4) is 0 Å². The molecule has 0 fully saturated rings. The zero-order valence-electron chi connectivity index (χ0n) is 8.49. The van der Waals surface area contributed by atoms with E-state index in [2.05, 4.69) is 4.84 Å². The summed E-state index contributed by atoms with van der Waals surface area (Å²) in [5.74, 6) is -2.39. The van der Waals surface area contributed by atoms with Gasteiger partial charge in [0.1, 0.15) is 12.4 Å². The second-order valence-electron chi connectivity index (χ2n) is 3.02. The number of rotatable bonds is 4. The fraction of sp³-hybridized carbons (Fsp3) is 0.200. The molecule has 0 radical (unpaired) electrons. The van der Waals surface area contributed by atoms with E-state index in [0.717, 1.165) is 6.07 Å². The van der Waals surface area contributed by atoms with Gasteiger partial charge in [-0.1, -0.05) is 6.07 Å². The lowest BCUT2D eigenvalue weighted by atomic mass is 10.1. The molecule has 0 bridgehead atoms. The first-order valence-electron chi connectivity index (χ1n) is 4.41. The second kappa shape index (κ2) is 5.22. The summed E-state index contributed by atoms with van der Waals surface area (Å²) < 4.78 is 13.3. The molecule has 0 saturated heterocycles. The number of carbonyl (C=O) groups excluding carboxylic acids is 1. The van der Waals surface area contributed by atoms with Gasteiger partial charge in [0.25, 0.3) is 0 Å². The molecular formula is C10H10FNO4. The van der Waals surface area contributed by atoms with Crippen LogP contribution in [0.2, 0.25) is 0 Å². The fourth-order valence-corrected chi connectivity index (χ4v) is 1.12. The van der Waals surface area contributed by atoms with E-state index in [4.69, 9.17) is 5.11 Å². The molecule has 2 N–H and O–H groups in total. The lowest BCUT2D eigenvalue weighted by molar-refractivity contribution is -0.132. The summed E-state index contributed by atoms with van der Waals surface area (Å²) in [7, 11) is 0. The maximum atomic E-state index is 13.3. The van der Waals surface area contributed by atoms with Gasteiger partial charge >= 0.3 is 5.97 Å². The predicted molar refractivity (Wildman–Crippen MR) is 52.0 cm³/mol. The molecule has 0 aliphatic heterocycles. The van der Waals surface area contributed by atoms with E-state index in [0.29, 0.717) is 0 Å². The molecule has 0 aliphatic rings. The molecule has 1 rings (SSSR count). The highest BCUT2D eigenvalue weighted by molar-refractivity contribution is 5.89. The Balaban J connectivity index is 2.84. The zero-order chi connectivity index (χ0) is 12.1. The molecule has 0 spiro atoms. The lowest BCUT2D eigenvalue weighted by Gasteiger charge is -2.07. The first-order chi connectivity index (χ1) is 7.52. The molecule has 0 heterocycles. The Labute approximate surface area is 90.8 Å². The third-order valence-corrected chi connectivity index (χ3v) is 1.78. The van der Waals surface area contributed by atoms with Crippen molar-refractivity contribution < 1.29 is 23.9 Å². The second-order valence-corrected chi connectivity index (χ2v) is 3.02. The minimum absolute atomic E-state index is 0.108. The molecule has 0 aliphatic carbocycles. The van der Waals surface area contributed by atoms with E-state index in [1.165, 1.54) is 19.1 Å². The highest BCUT2D eigenvalue weighted by Crippen LogP contribution is 2.14. The summed E-state index contributed by atoms with van der Waals surface area (Å²) in [5, 5.41) is 8.79. The molecular weight excluding hydrogens is 217 g/mol. The highest BCUT2D eigenvalue weighted by Gasteiger charge is 2.14. The van der Waals surface area contributed by atoms with Crippen molar-refractivity contribution in [1.29, 1.82) is 0 Å². The average molecular weight is 227 g/mol. The molecule has 0 unspecified atom stereocenters. The molecule has 0 atom stereocenters. The van der Waals surface area contributed by atoms with E-state index >= 15 is 0 Å². The normalized spacial score (nSPS) is 9.88. The Hall–Kier alpha value is -1.95. The van der Waals surface area contributed by atoms with E-state index < -0.39 is 17.7 Å². The summed E-state index contributed by atoms with van der Waals surface area (Å²) in [6.45, 7) is 0.882. The predicted octanol–water partition coefficient (Wildman–Crippen LogP) is 1.09. The minimum Gasteiger partial charge on any atom is -0.478 e. The van der Waals surface area contributed by atoms with Gasteiger partial charge in [0.2, 0.25) is 5.91 Å². The van der Waals surface area contributed by atoms with Crippen LogP contribution < -0.4 is 5.48 Å². The number of hydroxylamine groups is 1. The van der Waals surface area contributed by atoms with Crippen LogP contribution in [-0.2, 0) is 16.2 Å². The van der Waals surface area contributed by atoms with Gasteiger partial charge in [-0.25, -0.2) is 14.7 Å². The van der Waals surface area contributed by atoms with Crippen LogP contribution in [0.15, 0.2) is 18.2 Å². The molecule has 0 saturated carbocycles. The van der Waals surface area contributed by atoms with Crippen LogP contribution in [0.5, 0.6) is 0 Å². The topological polar surface area (TPSA) is 75.6 Å². The molecule has 1 aromatic carbocycles. The maximum absolute atomic E-state index is 13.3. The van der Waals surface area contributed by atoms with Gasteiger partial charge < -0.3 is 5.11 Å². The Morgan fingerprint density at radius 2 is 2.19 bits per heavy atom. The summed E-state index contributed by atoms with van der Waals surface area (Å²) in [6, 6.07) is 3.68. The molecule has 5 nitrogen and oxygen atoms in total. The van der Waals surface area contributed by atoms with Crippen LogP contribution in [0.25, 0.3) is 0 Å². The molecule has 86 valence electrons. The van der Waals surface area contributed by atoms with E-state index in [1.807, 2.05) is 5.48 Å². The van der Waals surface area contributed by atoms with Gasteiger partial charge in [0, 0.05) is 12.5 Å². The number of benzene rings is 1. The SMILES string of the molecule is CC(=O)NOCc1c(F)cccc1C(=O)O. The molecule has 0 aromatic heterocycles. The number of hydrogen-bond donors (Lipinski definition) is 2. The van der Waals surface area contributed by atoms with Gasteiger partial charge in [-0.15, -0.1) is 0 Å². The van der Waals surface area contributed by atoms with Crippen LogP contribution >= 0.6 is 0 Å². The van der Waals surface area contributed by atoms with Crippen molar-refractivity contribution in [3.63, 3.8) is 0 Å². The molecule has 1 amide bonds. The van der Waals surface area contributed by atoms with Crippen molar-refractivity contribution >= 4 is 11.9 Å². The van der Waals surface area contributed by atoms with Crippen molar-refractivity contribution in [1.82, 2.24) is 5.48 Å². The van der Waals surface area contributed by atoms with Crippen molar-refractivity contribution in [2.45, 2.75) is 13.5 Å². The summed E-state index contributed by atoms with van der Waals surface area (Å²) in [5.41, 5.74) is 1.69. The summed E-state index contributed by atoms with van der Waals surface area (Å²) >= 11 is 0. The number of carboxylic acid groups (broad SMARTS) is 1. The number of carbonyl (C=O) groups is 2. The van der Waals surface area contributed by atoms with Crippen LogP contribution in [0.4, 0.5) is 4.39 Å². The monoisotopic (exact) mass is 227 g/mol. The third-order valence-electron chi connectivity index (χ3n) is 1.78. The van der Waals surface area contributed by atoms with Crippen LogP contribution in [0.1, 0.15) is 22.8 Å². The molecule has 1 aromatic rings. The van der Waals surface area contributed by atoms with E-state index in [9.17, 15) is 14.0 Å². The Morgan fingerprint density at radius 1 is 1.50 bits per heavy atom. The van der Waals surface area contributed by atoms with Gasteiger partial charge in [0.05, 0.1) is 5.56 Å². The van der Waals surface area contributed by atoms with Crippen LogP contribution in [-0.4, -0.2) is 17.0 Å². The third kappa shape index (κ3) is 3.03. The number of aromatic carboxylic acids is 1. The number of nitrogens with one attached hydrogen (secondary N) is 1. The van der Waals surface area contributed by atoms with Crippen molar-refractivity contribution in [2.24, 2.45) is 0 Å². The first-order valence-corrected chi connectivity index (χ1v) is 4.41. The Kier molecular flexibility index (Phi) is 3.96. The van der Waals surface area contributed by atoms with Gasteiger partial charge in [-0.3, -0.25) is 9.63 Å². The summed E-state index contributed by atoms with van der Waals surface area (Å²) in [6.07, 6.45) is 0. The number of halogens is 1. The van der Waals surface area contributed by atoms with E-state index in [-0.39, 0.29) is 17.7 Å². The Bertz CT molecular complexity index is 419. The van der Waals surface area contributed by atoms with Crippen LogP contribution in [0, 0.1) is 5.82 Å². The lowest BCUT2D eigenvalue weighted by Crippen LogP contribution is -2.21. The first kappa shape index (κ1) is 12.1. The number of hydrogen-bond acceptors (Lipinski definition) is 3. The smallest absolute Gasteiger partial charge is 0.336 e. The fourth-order valence-electron chi connectivity index (χ4n) is 1.12. The summed E-state index contributed by atoms with van der Waals surface area (Å²) in [4.78, 5) is 25.9. The zero-order valence-corrected chi connectivity index (χ0v) is 8.49. The largest absolute Gasteiger partial charge is 0.478 e. The number of amides is 1. The van der Waals surface area contributed by atoms with Crippen molar-refractivity contribution in [3.05, 3.63) is 35.1 Å². The molecule has 16 heavy (non-hydrogen) atoms. The minimum atomic E-state index is -1.25. The number of carboxylic acids is 1. The van der Waals surface area contributed by atoms with Gasteiger partial charge in [0.15, 0.2) is 0 Å².